The number of carbonyl (C=O) groups excluding carboxylic acids is 2. The maximum absolute atomic E-state index is 11.4. The van der Waals surface area contributed by atoms with Gasteiger partial charge < -0.3 is 14.8 Å². The van der Waals surface area contributed by atoms with Gasteiger partial charge in [0.05, 0.1) is 13.7 Å². The third-order valence-corrected chi connectivity index (χ3v) is 2.52. The van der Waals surface area contributed by atoms with E-state index in [1.165, 1.54) is 0 Å². The Bertz CT molecular complexity index is 552. The van der Waals surface area contributed by atoms with Crippen LogP contribution < -0.4 is 20.1 Å². The molecule has 0 saturated carbocycles. The van der Waals surface area contributed by atoms with Gasteiger partial charge in [0.2, 0.25) is 0 Å². The summed E-state index contributed by atoms with van der Waals surface area (Å²) < 4.78 is 10.6. The lowest BCUT2D eigenvalue weighted by Crippen LogP contribution is -2.22. The van der Waals surface area contributed by atoms with Gasteiger partial charge in [0.25, 0.3) is 5.91 Å². The van der Waals surface area contributed by atoms with E-state index in [1.807, 2.05) is 6.92 Å². The molecule has 3 amide bonds. The normalized spacial score (nSPS) is 16.2. The van der Waals surface area contributed by atoms with Crippen molar-refractivity contribution in [1.29, 1.82) is 0 Å². The molecule has 1 aliphatic rings. The largest absolute Gasteiger partial charge is 0.493 e. The van der Waals surface area contributed by atoms with Crippen LogP contribution in [0.5, 0.6) is 11.5 Å². The lowest BCUT2D eigenvalue weighted by molar-refractivity contribution is -0.115. The van der Waals surface area contributed by atoms with Gasteiger partial charge in [0, 0.05) is 0 Å². The number of urea groups is 1. The van der Waals surface area contributed by atoms with Gasteiger partial charge in [0.1, 0.15) is 5.70 Å². The molecule has 1 fully saturated rings. The summed E-state index contributed by atoms with van der Waals surface area (Å²) >= 11 is 0. The van der Waals surface area contributed by atoms with Crippen molar-refractivity contribution in [2.24, 2.45) is 0 Å². The molecule has 1 heterocycles. The SMILES string of the molecule is CCOc1ccc(/C=C2/NC(=O)NC2=O)cc1OC. The first-order valence-corrected chi connectivity index (χ1v) is 5.79. The van der Waals surface area contributed by atoms with E-state index in [0.717, 1.165) is 5.56 Å². The predicted molar refractivity (Wildman–Crippen MR) is 68.8 cm³/mol. The van der Waals surface area contributed by atoms with Gasteiger partial charge in [0.15, 0.2) is 11.5 Å². The first kappa shape index (κ1) is 12.9. The fourth-order valence-electron chi connectivity index (χ4n) is 1.70. The maximum atomic E-state index is 11.4. The van der Waals surface area contributed by atoms with Gasteiger partial charge in [-0.15, -0.1) is 0 Å². The van der Waals surface area contributed by atoms with Crippen molar-refractivity contribution in [1.82, 2.24) is 10.6 Å². The number of amides is 3. The third-order valence-electron chi connectivity index (χ3n) is 2.52. The smallest absolute Gasteiger partial charge is 0.326 e. The Kier molecular flexibility index (Phi) is 3.70. The molecule has 6 heteroatoms. The van der Waals surface area contributed by atoms with Crippen LogP contribution in [0.15, 0.2) is 23.9 Å². The maximum Gasteiger partial charge on any atom is 0.326 e. The van der Waals surface area contributed by atoms with Crippen LogP contribution in [0, 0.1) is 0 Å². The van der Waals surface area contributed by atoms with Gasteiger partial charge in [-0.25, -0.2) is 4.79 Å². The summed E-state index contributed by atoms with van der Waals surface area (Å²) in [5.41, 5.74) is 0.934. The topological polar surface area (TPSA) is 76.7 Å². The van der Waals surface area contributed by atoms with Crippen LogP contribution in [0.1, 0.15) is 12.5 Å². The van der Waals surface area contributed by atoms with Crippen molar-refractivity contribution in [3.8, 4) is 11.5 Å². The van der Waals surface area contributed by atoms with Crippen molar-refractivity contribution >= 4 is 18.0 Å². The Balaban J connectivity index is 2.29. The molecule has 0 spiro atoms. The lowest BCUT2D eigenvalue weighted by atomic mass is 10.1. The fourth-order valence-corrected chi connectivity index (χ4v) is 1.70. The zero-order chi connectivity index (χ0) is 13.8. The molecular weight excluding hydrogens is 248 g/mol. The highest BCUT2D eigenvalue weighted by Crippen LogP contribution is 2.28. The minimum atomic E-state index is -0.519. The summed E-state index contributed by atoms with van der Waals surface area (Å²) in [4.78, 5) is 22.4. The molecule has 100 valence electrons. The molecule has 1 aromatic rings. The standard InChI is InChI=1S/C13H14N2O4/c1-3-19-10-5-4-8(7-11(10)18-2)6-9-12(16)15-13(17)14-9/h4-7H,3H2,1-2H3,(H2,14,15,16,17)/b9-6+. The Morgan fingerprint density at radius 2 is 2.00 bits per heavy atom. The van der Waals surface area contributed by atoms with Crippen LogP contribution in [0.25, 0.3) is 6.08 Å². The van der Waals surface area contributed by atoms with Crippen molar-refractivity contribution < 1.29 is 19.1 Å². The van der Waals surface area contributed by atoms with Crippen LogP contribution in [-0.2, 0) is 4.79 Å². The van der Waals surface area contributed by atoms with E-state index >= 15 is 0 Å². The zero-order valence-corrected chi connectivity index (χ0v) is 10.6. The molecular formula is C13H14N2O4. The number of benzene rings is 1. The van der Waals surface area contributed by atoms with Gasteiger partial charge in [-0.05, 0) is 30.7 Å². The molecule has 1 aromatic carbocycles. The zero-order valence-electron chi connectivity index (χ0n) is 10.6. The van der Waals surface area contributed by atoms with Crippen LogP contribution in [0.3, 0.4) is 0 Å². The Labute approximate surface area is 110 Å². The highest BCUT2D eigenvalue weighted by molar-refractivity contribution is 6.13. The molecule has 19 heavy (non-hydrogen) atoms. The summed E-state index contributed by atoms with van der Waals surface area (Å²) in [6.45, 7) is 2.42. The molecule has 0 aromatic heterocycles. The second-order valence-corrected chi connectivity index (χ2v) is 3.81. The molecule has 0 unspecified atom stereocenters. The van der Waals surface area contributed by atoms with E-state index in [0.29, 0.717) is 18.1 Å². The Hall–Kier alpha value is -2.50. The number of ether oxygens (including phenoxy) is 2. The fraction of sp³-hybridized carbons (Fsp3) is 0.231. The molecule has 2 N–H and O–H groups in total. The molecule has 1 aliphatic heterocycles. The summed E-state index contributed by atoms with van der Waals surface area (Å²) in [5, 5.41) is 4.55. The number of hydrogen-bond acceptors (Lipinski definition) is 4. The van der Waals surface area contributed by atoms with Crippen LogP contribution in [0.2, 0.25) is 0 Å². The molecule has 0 bridgehead atoms. The van der Waals surface area contributed by atoms with Crippen LogP contribution in [0.4, 0.5) is 4.79 Å². The predicted octanol–water partition coefficient (Wildman–Crippen LogP) is 1.27. The minimum absolute atomic E-state index is 0.205. The molecule has 0 atom stereocenters. The van der Waals surface area contributed by atoms with E-state index in [1.54, 1.807) is 31.4 Å². The Morgan fingerprint density at radius 3 is 2.58 bits per heavy atom. The summed E-state index contributed by atoms with van der Waals surface area (Å²) in [6.07, 6.45) is 1.57. The van der Waals surface area contributed by atoms with Crippen molar-refractivity contribution in [3.05, 3.63) is 29.5 Å². The molecule has 1 saturated heterocycles. The second-order valence-electron chi connectivity index (χ2n) is 3.81. The number of rotatable bonds is 4. The van der Waals surface area contributed by atoms with Crippen molar-refractivity contribution in [2.45, 2.75) is 6.92 Å². The monoisotopic (exact) mass is 262 g/mol. The first-order chi connectivity index (χ1) is 9.13. The quantitative estimate of drug-likeness (QED) is 0.633. The van der Waals surface area contributed by atoms with Crippen molar-refractivity contribution in [3.63, 3.8) is 0 Å². The van der Waals surface area contributed by atoms with Gasteiger partial charge >= 0.3 is 6.03 Å². The average molecular weight is 262 g/mol. The number of hydrogen-bond donors (Lipinski definition) is 2. The van der Waals surface area contributed by atoms with E-state index in [4.69, 9.17) is 9.47 Å². The Morgan fingerprint density at radius 1 is 1.21 bits per heavy atom. The lowest BCUT2D eigenvalue weighted by Gasteiger charge is -2.09. The van der Waals surface area contributed by atoms with Crippen molar-refractivity contribution in [2.75, 3.05) is 13.7 Å². The van der Waals surface area contributed by atoms with Crippen LogP contribution >= 0.6 is 0 Å². The average Bonchev–Trinajstić information content (AvgIpc) is 2.70. The van der Waals surface area contributed by atoms with Crippen LogP contribution in [-0.4, -0.2) is 25.7 Å². The van der Waals surface area contributed by atoms with E-state index < -0.39 is 11.9 Å². The third kappa shape index (κ3) is 2.85. The highest BCUT2D eigenvalue weighted by Gasteiger charge is 2.22. The number of carbonyl (C=O) groups is 2. The van der Waals surface area contributed by atoms with E-state index in [2.05, 4.69) is 10.6 Å². The molecule has 0 radical (unpaired) electrons. The number of imide groups is 1. The molecule has 6 nitrogen and oxygen atoms in total. The first-order valence-electron chi connectivity index (χ1n) is 5.79. The molecule has 0 aliphatic carbocycles. The summed E-state index contributed by atoms with van der Waals surface area (Å²) in [7, 11) is 1.54. The molecule has 2 rings (SSSR count). The summed E-state index contributed by atoms with van der Waals surface area (Å²) in [6, 6.07) is 4.74. The summed E-state index contributed by atoms with van der Waals surface area (Å²) in [5.74, 6) is 0.755. The minimum Gasteiger partial charge on any atom is -0.493 e. The second kappa shape index (κ2) is 5.43. The van der Waals surface area contributed by atoms with E-state index in [-0.39, 0.29) is 5.70 Å². The van der Waals surface area contributed by atoms with Gasteiger partial charge in [-0.2, -0.15) is 0 Å². The van der Waals surface area contributed by atoms with Gasteiger partial charge in [-0.3, -0.25) is 10.1 Å². The number of methoxy groups -OCH3 is 1. The number of nitrogens with one attached hydrogen (secondary N) is 2. The highest BCUT2D eigenvalue weighted by atomic mass is 16.5. The van der Waals surface area contributed by atoms with E-state index in [9.17, 15) is 9.59 Å². The van der Waals surface area contributed by atoms with Gasteiger partial charge in [-0.1, -0.05) is 6.07 Å².